The van der Waals surface area contributed by atoms with Crippen LogP contribution < -0.4 is 0 Å². The quantitative estimate of drug-likeness (QED) is 0.757. The minimum atomic E-state index is -0.0847. The molecule has 1 atom stereocenters. The molecule has 0 aromatic heterocycles. The number of carbonyl (C=O) groups excluding carboxylic acids is 2. The summed E-state index contributed by atoms with van der Waals surface area (Å²) in [5.74, 6) is -0.0511. The van der Waals surface area contributed by atoms with E-state index in [-0.39, 0.29) is 24.4 Å². The summed E-state index contributed by atoms with van der Waals surface area (Å²) in [6, 6.07) is 15.5. The van der Waals surface area contributed by atoms with Gasteiger partial charge in [0.2, 0.25) is 5.91 Å². The molecule has 2 aromatic rings. The van der Waals surface area contributed by atoms with Gasteiger partial charge in [0, 0.05) is 23.1 Å². The zero-order valence-electron chi connectivity index (χ0n) is 13.1. The van der Waals surface area contributed by atoms with Crippen molar-refractivity contribution in [3.8, 4) is 0 Å². The Balaban J connectivity index is 1.63. The third-order valence-corrected chi connectivity index (χ3v) is 5.36. The number of hydrogen-bond donors (Lipinski definition) is 0. The summed E-state index contributed by atoms with van der Waals surface area (Å²) in [5, 5.41) is 0. The second-order valence-corrected chi connectivity index (χ2v) is 7.16. The lowest BCUT2D eigenvalue weighted by Crippen LogP contribution is -2.55. The first-order valence-electron chi connectivity index (χ1n) is 8.05. The molecule has 0 unspecified atom stereocenters. The predicted molar refractivity (Wildman–Crippen MR) is 94.6 cm³/mol. The van der Waals surface area contributed by atoms with Crippen LogP contribution >= 0.6 is 15.9 Å². The van der Waals surface area contributed by atoms with Gasteiger partial charge in [0.05, 0.1) is 6.04 Å². The number of amides is 2. The van der Waals surface area contributed by atoms with Gasteiger partial charge in [0.15, 0.2) is 0 Å². The van der Waals surface area contributed by atoms with Gasteiger partial charge in [-0.15, -0.1) is 0 Å². The molecule has 1 fully saturated rings. The van der Waals surface area contributed by atoms with Crippen molar-refractivity contribution in [2.24, 2.45) is 0 Å². The van der Waals surface area contributed by atoms with Gasteiger partial charge in [-0.1, -0.05) is 40.2 Å². The van der Waals surface area contributed by atoms with Crippen LogP contribution in [0.5, 0.6) is 0 Å². The van der Waals surface area contributed by atoms with Crippen molar-refractivity contribution in [1.82, 2.24) is 9.80 Å². The fraction of sp³-hybridized carbons (Fsp3) is 0.263. The van der Waals surface area contributed by atoms with Crippen LogP contribution in [-0.4, -0.2) is 41.2 Å². The molecular formula is C19H17BrN2O2. The first-order chi connectivity index (χ1) is 11.6. The second kappa shape index (κ2) is 6.06. The van der Waals surface area contributed by atoms with Crippen molar-refractivity contribution in [3.63, 3.8) is 0 Å². The van der Waals surface area contributed by atoms with Gasteiger partial charge >= 0.3 is 0 Å². The minimum absolute atomic E-state index is 0.0319. The second-order valence-electron chi connectivity index (χ2n) is 6.24. The van der Waals surface area contributed by atoms with Crippen LogP contribution in [-0.2, 0) is 11.2 Å². The normalized spacial score (nSPS) is 19.7. The number of rotatable bonds is 1. The van der Waals surface area contributed by atoms with Crippen molar-refractivity contribution in [1.29, 1.82) is 0 Å². The Labute approximate surface area is 149 Å². The number of carbonyl (C=O) groups is 2. The topological polar surface area (TPSA) is 40.6 Å². The zero-order valence-corrected chi connectivity index (χ0v) is 14.7. The van der Waals surface area contributed by atoms with Crippen LogP contribution in [0.2, 0.25) is 0 Å². The molecule has 0 bridgehead atoms. The van der Waals surface area contributed by atoms with Gasteiger partial charge in [-0.2, -0.15) is 0 Å². The van der Waals surface area contributed by atoms with E-state index in [4.69, 9.17) is 0 Å². The molecule has 1 saturated heterocycles. The Morgan fingerprint density at radius 1 is 1.08 bits per heavy atom. The Bertz CT molecular complexity index is 803. The van der Waals surface area contributed by atoms with Gasteiger partial charge in [0.25, 0.3) is 5.91 Å². The van der Waals surface area contributed by atoms with E-state index in [1.54, 1.807) is 17.0 Å². The van der Waals surface area contributed by atoms with Gasteiger partial charge in [-0.05, 0) is 41.8 Å². The van der Waals surface area contributed by atoms with Crippen LogP contribution in [0.15, 0.2) is 53.0 Å². The molecule has 0 saturated carbocycles. The molecule has 4 nitrogen and oxygen atoms in total. The standard InChI is InChI=1S/C19H17BrN2O2/c20-15-7-5-14(6-8-15)19(24)21-11-17-16-4-2-1-3-13(16)9-10-22(17)18(23)12-21/h1-8,17H,9-12H2/t17-/m0/s1. The zero-order chi connectivity index (χ0) is 16.7. The number of piperazine rings is 1. The van der Waals surface area contributed by atoms with E-state index < -0.39 is 0 Å². The van der Waals surface area contributed by atoms with Crippen LogP contribution in [0.1, 0.15) is 27.5 Å². The summed E-state index contributed by atoms with van der Waals surface area (Å²) in [6.07, 6.45) is 0.888. The maximum Gasteiger partial charge on any atom is 0.254 e. The first-order valence-corrected chi connectivity index (χ1v) is 8.85. The van der Waals surface area contributed by atoms with E-state index in [0.29, 0.717) is 12.1 Å². The van der Waals surface area contributed by atoms with Crippen LogP contribution in [0.4, 0.5) is 0 Å². The van der Waals surface area contributed by atoms with E-state index in [2.05, 4.69) is 28.1 Å². The predicted octanol–water partition coefficient (Wildman–Crippen LogP) is 3.03. The third-order valence-electron chi connectivity index (χ3n) is 4.83. The third kappa shape index (κ3) is 2.63. The molecule has 4 rings (SSSR count). The molecule has 2 aromatic carbocycles. The van der Waals surface area contributed by atoms with Crippen LogP contribution in [0.3, 0.4) is 0 Å². The number of halogens is 1. The van der Waals surface area contributed by atoms with E-state index in [1.807, 2.05) is 29.2 Å². The van der Waals surface area contributed by atoms with Crippen molar-refractivity contribution >= 4 is 27.7 Å². The molecule has 0 aliphatic carbocycles. The lowest BCUT2D eigenvalue weighted by Gasteiger charge is -2.44. The lowest BCUT2D eigenvalue weighted by atomic mass is 9.90. The molecule has 2 aliphatic rings. The van der Waals surface area contributed by atoms with Crippen molar-refractivity contribution in [2.45, 2.75) is 12.5 Å². The summed E-state index contributed by atoms with van der Waals surface area (Å²) >= 11 is 3.38. The molecule has 5 heteroatoms. The Morgan fingerprint density at radius 3 is 2.62 bits per heavy atom. The maximum atomic E-state index is 12.8. The monoisotopic (exact) mass is 384 g/mol. The van der Waals surface area contributed by atoms with E-state index >= 15 is 0 Å². The number of nitrogens with zero attached hydrogens (tertiary/aromatic N) is 2. The molecular weight excluding hydrogens is 368 g/mol. The fourth-order valence-corrected chi connectivity index (χ4v) is 3.87. The highest BCUT2D eigenvalue weighted by Crippen LogP contribution is 2.33. The summed E-state index contributed by atoms with van der Waals surface area (Å²) in [6.45, 7) is 1.45. The summed E-state index contributed by atoms with van der Waals surface area (Å²) in [4.78, 5) is 28.9. The van der Waals surface area contributed by atoms with Crippen LogP contribution in [0, 0.1) is 0 Å². The van der Waals surface area contributed by atoms with Gasteiger partial charge in [-0.25, -0.2) is 0 Å². The van der Waals surface area contributed by atoms with Gasteiger partial charge in [0.1, 0.15) is 6.54 Å². The Kier molecular flexibility index (Phi) is 3.88. The highest BCUT2D eigenvalue weighted by molar-refractivity contribution is 9.10. The van der Waals surface area contributed by atoms with E-state index in [9.17, 15) is 9.59 Å². The van der Waals surface area contributed by atoms with E-state index in [0.717, 1.165) is 17.4 Å². The van der Waals surface area contributed by atoms with Crippen molar-refractivity contribution < 1.29 is 9.59 Å². The van der Waals surface area contributed by atoms with E-state index in [1.165, 1.54) is 11.1 Å². The first kappa shape index (κ1) is 15.4. The summed E-state index contributed by atoms with van der Waals surface area (Å²) in [5.41, 5.74) is 3.07. The number of fused-ring (bicyclic) bond motifs is 3. The maximum absolute atomic E-state index is 12.8. The Hall–Kier alpha value is -2.14. The fourth-order valence-electron chi connectivity index (χ4n) is 3.60. The molecule has 2 amide bonds. The molecule has 0 spiro atoms. The van der Waals surface area contributed by atoms with Crippen molar-refractivity contribution in [3.05, 3.63) is 69.7 Å². The highest BCUT2D eigenvalue weighted by atomic mass is 79.9. The van der Waals surface area contributed by atoms with Gasteiger partial charge < -0.3 is 9.80 Å². The smallest absolute Gasteiger partial charge is 0.254 e. The molecule has 2 heterocycles. The largest absolute Gasteiger partial charge is 0.332 e. The summed E-state index contributed by atoms with van der Waals surface area (Å²) in [7, 11) is 0. The van der Waals surface area contributed by atoms with Crippen molar-refractivity contribution in [2.75, 3.05) is 19.6 Å². The SMILES string of the molecule is O=C(c1ccc(Br)cc1)N1CC(=O)N2CCc3ccccc3[C@@H]2C1. The lowest BCUT2D eigenvalue weighted by molar-refractivity contribution is -0.139. The minimum Gasteiger partial charge on any atom is -0.332 e. The van der Waals surface area contributed by atoms with Crippen LogP contribution in [0.25, 0.3) is 0 Å². The molecule has 0 radical (unpaired) electrons. The number of benzene rings is 2. The van der Waals surface area contributed by atoms with Gasteiger partial charge in [-0.3, -0.25) is 9.59 Å². The Morgan fingerprint density at radius 2 is 1.83 bits per heavy atom. The average Bonchev–Trinajstić information content (AvgIpc) is 2.61. The summed E-state index contributed by atoms with van der Waals surface area (Å²) < 4.78 is 0.932. The number of hydrogen-bond acceptors (Lipinski definition) is 2. The average molecular weight is 385 g/mol. The molecule has 0 N–H and O–H groups in total. The molecule has 122 valence electrons. The molecule has 24 heavy (non-hydrogen) atoms. The highest BCUT2D eigenvalue weighted by Gasteiger charge is 2.38. The molecule has 2 aliphatic heterocycles.